The highest BCUT2D eigenvalue weighted by atomic mass is 16.7. The van der Waals surface area contributed by atoms with Gasteiger partial charge in [0.25, 0.3) is 5.69 Å². The van der Waals surface area contributed by atoms with E-state index in [-0.39, 0.29) is 11.8 Å². The Labute approximate surface area is 130 Å². The number of hydrogen-bond acceptors (Lipinski definition) is 5. The zero-order valence-corrected chi connectivity index (χ0v) is 13.3. The lowest BCUT2D eigenvalue weighted by Gasteiger charge is -2.32. The smallest absolute Gasteiger partial charge is 0.490 e. The highest BCUT2D eigenvalue weighted by Gasteiger charge is 2.53. The molecule has 2 aliphatic rings. The van der Waals surface area contributed by atoms with Gasteiger partial charge in [-0.3, -0.25) is 10.1 Å². The Morgan fingerprint density at radius 1 is 1.23 bits per heavy atom. The van der Waals surface area contributed by atoms with E-state index < -0.39 is 23.2 Å². The zero-order chi connectivity index (χ0) is 16.1. The molecular weight excluding hydrogens is 285 g/mol. The van der Waals surface area contributed by atoms with Crippen LogP contribution < -0.4 is 10.2 Å². The molecule has 7 heteroatoms. The Bertz CT molecular complexity index is 596. The fourth-order valence-corrected chi connectivity index (χ4v) is 2.31. The highest BCUT2D eigenvalue weighted by Crippen LogP contribution is 2.37. The molecule has 0 bridgehead atoms. The van der Waals surface area contributed by atoms with Crippen LogP contribution in [0, 0.1) is 10.1 Å². The maximum absolute atomic E-state index is 11.3. The van der Waals surface area contributed by atoms with Crippen molar-refractivity contribution in [3.63, 3.8) is 0 Å². The van der Waals surface area contributed by atoms with E-state index in [1.807, 2.05) is 27.7 Å². The first-order valence-electron chi connectivity index (χ1n) is 7.50. The van der Waals surface area contributed by atoms with Crippen LogP contribution in [0.15, 0.2) is 18.2 Å². The Hall–Kier alpha value is -1.60. The van der Waals surface area contributed by atoms with Crippen LogP contribution in [0.3, 0.4) is 0 Å². The molecule has 1 saturated carbocycles. The minimum Gasteiger partial charge on any atom is -0.490 e. The van der Waals surface area contributed by atoms with E-state index in [4.69, 9.17) is 14.0 Å². The van der Waals surface area contributed by atoms with E-state index in [2.05, 4.69) is 0 Å². The molecule has 1 aliphatic heterocycles. The summed E-state index contributed by atoms with van der Waals surface area (Å²) < 4.78 is 17.6. The van der Waals surface area contributed by atoms with Gasteiger partial charge in [-0.15, -0.1) is 0 Å². The molecule has 1 aromatic carbocycles. The van der Waals surface area contributed by atoms with Gasteiger partial charge >= 0.3 is 7.12 Å². The second-order valence-electron chi connectivity index (χ2n) is 6.88. The fourth-order valence-electron chi connectivity index (χ4n) is 2.31. The van der Waals surface area contributed by atoms with Crippen molar-refractivity contribution in [1.29, 1.82) is 0 Å². The van der Waals surface area contributed by atoms with Gasteiger partial charge in [-0.25, -0.2) is 0 Å². The van der Waals surface area contributed by atoms with Crippen molar-refractivity contribution >= 4 is 18.3 Å². The SMILES string of the molecule is CC1(C)OB(c2cc(OC3CC3)ccc2[N+](=O)[O-])OC1(C)C. The summed E-state index contributed by atoms with van der Waals surface area (Å²) in [6.07, 6.45) is 2.29. The van der Waals surface area contributed by atoms with E-state index in [0.29, 0.717) is 11.2 Å². The van der Waals surface area contributed by atoms with Crippen LogP contribution in [0.4, 0.5) is 5.69 Å². The summed E-state index contributed by atoms with van der Waals surface area (Å²) in [6, 6.07) is 4.75. The Balaban J connectivity index is 1.95. The molecule has 1 aromatic rings. The number of hydrogen-bond donors (Lipinski definition) is 0. The first-order chi connectivity index (χ1) is 10.2. The number of benzene rings is 1. The van der Waals surface area contributed by atoms with Gasteiger partial charge in [-0.05, 0) is 52.7 Å². The average molecular weight is 305 g/mol. The molecule has 0 N–H and O–H groups in total. The van der Waals surface area contributed by atoms with E-state index in [1.54, 1.807) is 12.1 Å². The summed E-state index contributed by atoms with van der Waals surface area (Å²) in [7, 11) is -0.770. The number of rotatable bonds is 4. The number of nitrogens with zero attached hydrogens (tertiary/aromatic N) is 1. The first-order valence-corrected chi connectivity index (χ1v) is 7.50. The van der Waals surface area contributed by atoms with Crippen LogP contribution in [-0.4, -0.2) is 29.3 Å². The highest BCUT2D eigenvalue weighted by molar-refractivity contribution is 6.63. The molecule has 118 valence electrons. The van der Waals surface area contributed by atoms with Gasteiger partial charge in [0.2, 0.25) is 0 Å². The van der Waals surface area contributed by atoms with Crippen molar-refractivity contribution in [2.24, 2.45) is 0 Å². The molecule has 6 nitrogen and oxygen atoms in total. The van der Waals surface area contributed by atoms with Crippen LogP contribution >= 0.6 is 0 Å². The van der Waals surface area contributed by atoms with Crippen LogP contribution in [0.1, 0.15) is 40.5 Å². The Kier molecular flexibility index (Phi) is 3.45. The third-order valence-corrected chi connectivity index (χ3v) is 4.53. The van der Waals surface area contributed by atoms with Crippen molar-refractivity contribution in [2.45, 2.75) is 57.8 Å². The summed E-state index contributed by atoms with van der Waals surface area (Å²) in [6.45, 7) is 7.68. The molecule has 1 heterocycles. The van der Waals surface area contributed by atoms with E-state index in [0.717, 1.165) is 12.8 Å². The van der Waals surface area contributed by atoms with Crippen molar-refractivity contribution in [3.05, 3.63) is 28.3 Å². The Morgan fingerprint density at radius 2 is 1.82 bits per heavy atom. The van der Waals surface area contributed by atoms with Crippen LogP contribution in [0.25, 0.3) is 0 Å². The molecule has 0 spiro atoms. The van der Waals surface area contributed by atoms with Gasteiger partial charge in [0, 0.05) is 6.07 Å². The monoisotopic (exact) mass is 305 g/mol. The van der Waals surface area contributed by atoms with Crippen LogP contribution in [0.5, 0.6) is 5.75 Å². The molecule has 0 atom stereocenters. The van der Waals surface area contributed by atoms with E-state index in [1.165, 1.54) is 6.07 Å². The lowest BCUT2D eigenvalue weighted by atomic mass is 9.77. The number of nitro groups is 1. The summed E-state index contributed by atoms with van der Waals surface area (Å²) >= 11 is 0. The lowest BCUT2D eigenvalue weighted by molar-refractivity contribution is -0.383. The predicted molar refractivity (Wildman–Crippen MR) is 82.5 cm³/mol. The molecule has 0 unspecified atom stereocenters. The molecular formula is C15H20BNO5. The number of ether oxygens (including phenoxy) is 1. The van der Waals surface area contributed by atoms with Crippen LogP contribution in [0.2, 0.25) is 0 Å². The van der Waals surface area contributed by atoms with Crippen molar-refractivity contribution in [3.8, 4) is 5.75 Å². The minimum absolute atomic E-state index is 0.0124. The van der Waals surface area contributed by atoms with Crippen molar-refractivity contribution in [2.75, 3.05) is 0 Å². The second-order valence-corrected chi connectivity index (χ2v) is 6.88. The van der Waals surface area contributed by atoms with E-state index >= 15 is 0 Å². The van der Waals surface area contributed by atoms with Crippen molar-refractivity contribution < 1.29 is 19.0 Å². The van der Waals surface area contributed by atoms with Gasteiger partial charge in [-0.1, -0.05) is 0 Å². The molecule has 1 saturated heterocycles. The summed E-state index contributed by atoms with van der Waals surface area (Å²) in [5.41, 5.74) is -0.693. The lowest BCUT2D eigenvalue weighted by Crippen LogP contribution is -2.41. The maximum Gasteiger partial charge on any atom is 0.502 e. The van der Waals surface area contributed by atoms with Crippen molar-refractivity contribution in [1.82, 2.24) is 0 Å². The van der Waals surface area contributed by atoms with Crippen LogP contribution in [-0.2, 0) is 9.31 Å². The van der Waals surface area contributed by atoms with Gasteiger partial charge < -0.3 is 14.0 Å². The molecule has 0 radical (unpaired) electrons. The molecule has 1 aliphatic carbocycles. The topological polar surface area (TPSA) is 70.8 Å². The quantitative estimate of drug-likeness (QED) is 0.485. The van der Waals surface area contributed by atoms with Gasteiger partial charge in [0.1, 0.15) is 5.75 Å². The number of nitro benzene ring substituents is 1. The predicted octanol–water partition coefficient (Wildman–Crippen LogP) is 2.44. The molecule has 22 heavy (non-hydrogen) atoms. The first kappa shape index (κ1) is 15.3. The molecule has 2 fully saturated rings. The summed E-state index contributed by atoms with van der Waals surface area (Å²) in [4.78, 5) is 10.9. The van der Waals surface area contributed by atoms with Gasteiger partial charge in [0.15, 0.2) is 0 Å². The summed E-state index contributed by atoms with van der Waals surface area (Å²) in [5, 5.41) is 11.3. The van der Waals surface area contributed by atoms with Gasteiger partial charge in [-0.2, -0.15) is 0 Å². The average Bonchev–Trinajstić information content (AvgIpc) is 3.17. The third-order valence-electron chi connectivity index (χ3n) is 4.53. The molecule has 3 rings (SSSR count). The Morgan fingerprint density at radius 3 is 2.32 bits per heavy atom. The largest absolute Gasteiger partial charge is 0.502 e. The summed E-state index contributed by atoms with van der Waals surface area (Å²) in [5.74, 6) is 0.623. The van der Waals surface area contributed by atoms with E-state index in [9.17, 15) is 10.1 Å². The minimum atomic E-state index is -0.770. The standard InChI is InChI=1S/C15H20BNO5/c1-14(2)15(3,4)22-16(21-14)12-9-11(20-10-5-6-10)7-8-13(12)17(18)19/h7-10H,5-6H2,1-4H3. The fraction of sp³-hybridized carbons (Fsp3) is 0.600. The second kappa shape index (κ2) is 4.96. The normalized spacial score (nSPS) is 22.6. The third kappa shape index (κ3) is 2.70. The zero-order valence-electron chi connectivity index (χ0n) is 13.3. The molecule has 0 amide bonds. The molecule has 0 aromatic heterocycles. The van der Waals surface area contributed by atoms with Gasteiger partial charge in [0.05, 0.1) is 27.7 Å². The maximum atomic E-state index is 11.3.